The summed E-state index contributed by atoms with van der Waals surface area (Å²) in [5.41, 5.74) is 0.445. The maximum Gasteiger partial charge on any atom is 0.0331 e. The minimum absolute atomic E-state index is 0.445. The predicted molar refractivity (Wildman–Crippen MR) is 82.6 cm³/mol. The van der Waals surface area contributed by atoms with Crippen LogP contribution in [0.2, 0.25) is 0 Å². The van der Waals surface area contributed by atoms with Crippen LogP contribution in [0.1, 0.15) is 44.4 Å². The van der Waals surface area contributed by atoms with E-state index in [2.05, 4.69) is 41.6 Å². The van der Waals surface area contributed by atoms with Crippen molar-refractivity contribution in [2.75, 3.05) is 13.1 Å². The number of hydrogen-bond acceptors (Lipinski definition) is 3. The van der Waals surface area contributed by atoms with Crippen LogP contribution in [0, 0.1) is 5.41 Å². The van der Waals surface area contributed by atoms with E-state index >= 15 is 0 Å². The molecule has 2 heterocycles. The Morgan fingerprint density at radius 3 is 2.89 bits per heavy atom. The van der Waals surface area contributed by atoms with Crippen molar-refractivity contribution < 1.29 is 0 Å². The van der Waals surface area contributed by atoms with Gasteiger partial charge in [0.25, 0.3) is 0 Å². The lowest BCUT2D eigenvalue weighted by atomic mass is 9.77. The minimum atomic E-state index is 0.445. The summed E-state index contributed by atoms with van der Waals surface area (Å²) in [6.45, 7) is 8.43. The van der Waals surface area contributed by atoms with Gasteiger partial charge in [-0.2, -0.15) is 0 Å². The fraction of sp³-hybridized carbons (Fsp3) is 0.750. The van der Waals surface area contributed by atoms with E-state index in [1.165, 1.54) is 43.6 Å². The Morgan fingerprint density at radius 2 is 2.26 bits per heavy atom. The van der Waals surface area contributed by atoms with Crippen LogP contribution in [0.15, 0.2) is 17.5 Å². The fourth-order valence-corrected chi connectivity index (χ4v) is 3.93. The van der Waals surface area contributed by atoms with E-state index in [1.54, 1.807) is 0 Å². The second kappa shape index (κ2) is 5.55. The van der Waals surface area contributed by atoms with Crippen LogP contribution >= 0.6 is 11.3 Å². The third-order valence-corrected chi connectivity index (χ3v) is 5.61. The summed E-state index contributed by atoms with van der Waals surface area (Å²) in [5, 5.41) is 5.96. The van der Waals surface area contributed by atoms with E-state index in [-0.39, 0.29) is 0 Å². The molecule has 106 valence electrons. The summed E-state index contributed by atoms with van der Waals surface area (Å²) in [4.78, 5) is 4.23. The molecule has 1 atom stereocenters. The monoisotopic (exact) mass is 278 g/mol. The molecule has 1 saturated carbocycles. The summed E-state index contributed by atoms with van der Waals surface area (Å²) < 4.78 is 0. The average Bonchev–Trinajstić information content (AvgIpc) is 3.09. The molecule has 2 nitrogen and oxygen atoms in total. The van der Waals surface area contributed by atoms with E-state index in [4.69, 9.17) is 0 Å². The zero-order valence-electron chi connectivity index (χ0n) is 12.2. The van der Waals surface area contributed by atoms with E-state index in [9.17, 15) is 0 Å². The number of rotatable bonds is 5. The summed E-state index contributed by atoms with van der Waals surface area (Å²) in [5.74, 6) is 0. The second-order valence-electron chi connectivity index (χ2n) is 6.84. The van der Waals surface area contributed by atoms with Crippen molar-refractivity contribution in [3.05, 3.63) is 22.4 Å². The quantitative estimate of drug-likeness (QED) is 0.887. The van der Waals surface area contributed by atoms with Crippen molar-refractivity contribution in [3.8, 4) is 0 Å². The Labute approximate surface area is 121 Å². The molecule has 0 bridgehead atoms. The van der Waals surface area contributed by atoms with Crippen LogP contribution in [0.25, 0.3) is 0 Å². The van der Waals surface area contributed by atoms with Crippen molar-refractivity contribution in [1.29, 1.82) is 0 Å². The Morgan fingerprint density at radius 1 is 1.42 bits per heavy atom. The van der Waals surface area contributed by atoms with Crippen LogP contribution in [0.4, 0.5) is 0 Å². The van der Waals surface area contributed by atoms with Crippen LogP contribution in [0.5, 0.6) is 0 Å². The summed E-state index contributed by atoms with van der Waals surface area (Å²) in [6, 6.07) is 5.95. The molecule has 0 spiro atoms. The molecule has 0 amide bonds. The lowest BCUT2D eigenvalue weighted by molar-refractivity contribution is 0.119. The molecule has 3 heteroatoms. The molecule has 1 aromatic rings. The second-order valence-corrected chi connectivity index (χ2v) is 7.87. The molecular formula is C16H26N2S. The number of nitrogens with one attached hydrogen (secondary N) is 1. The minimum Gasteiger partial charge on any atom is -0.312 e. The van der Waals surface area contributed by atoms with Gasteiger partial charge < -0.3 is 5.32 Å². The van der Waals surface area contributed by atoms with E-state index in [0.717, 1.165) is 12.6 Å². The first-order valence-electron chi connectivity index (χ1n) is 7.65. The molecule has 1 unspecified atom stereocenters. The van der Waals surface area contributed by atoms with Gasteiger partial charge in [0.2, 0.25) is 0 Å². The number of nitrogens with zero attached hydrogens (tertiary/aromatic N) is 1. The molecule has 0 radical (unpaired) electrons. The lowest BCUT2D eigenvalue weighted by Crippen LogP contribution is -2.53. The lowest BCUT2D eigenvalue weighted by Gasteiger charge is -2.42. The third-order valence-electron chi connectivity index (χ3n) is 4.75. The van der Waals surface area contributed by atoms with Gasteiger partial charge in [-0.3, -0.25) is 4.90 Å². The van der Waals surface area contributed by atoms with Gasteiger partial charge in [0, 0.05) is 30.1 Å². The number of thiophene rings is 1. The molecule has 1 N–H and O–H groups in total. The van der Waals surface area contributed by atoms with Crippen LogP contribution in [0.3, 0.4) is 0 Å². The van der Waals surface area contributed by atoms with E-state index in [1.807, 2.05) is 11.3 Å². The van der Waals surface area contributed by atoms with Gasteiger partial charge in [0.1, 0.15) is 0 Å². The molecule has 0 aromatic carbocycles. The Balaban J connectivity index is 1.64. The standard InChI is InChI=1S/C16H26N2S/c1-16(2)8-4-9-17-15(16)12-18(13-6-7-13)11-14-5-3-10-19-14/h3,5,10,13,15,17H,4,6-9,11-12H2,1-2H3. The fourth-order valence-electron chi connectivity index (χ4n) is 3.20. The number of hydrogen-bond donors (Lipinski definition) is 1. The number of piperidine rings is 1. The highest BCUT2D eigenvalue weighted by atomic mass is 32.1. The molecule has 19 heavy (non-hydrogen) atoms. The molecule has 1 aromatic heterocycles. The molecule has 1 aliphatic carbocycles. The molecule has 2 aliphatic rings. The van der Waals surface area contributed by atoms with Gasteiger partial charge in [0.05, 0.1) is 0 Å². The summed E-state index contributed by atoms with van der Waals surface area (Å²) in [6.07, 6.45) is 5.50. The normalized spacial score (nSPS) is 26.8. The highest BCUT2D eigenvalue weighted by Gasteiger charge is 2.37. The van der Waals surface area contributed by atoms with Crippen LogP contribution < -0.4 is 5.32 Å². The van der Waals surface area contributed by atoms with Gasteiger partial charge in [0.15, 0.2) is 0 Å². The van der Waals surface area contributed by atoms with Gasteiger partial charge in [-0.15, -0.1) is 11.3 Å². The highest BCUT2D eigenvalue weighted by molar-refractivity contribution is 7.09. The third kappa shape index (κ3) is 3.39. The molecule has 1 aliphatic heterocycles. The van der Waals surface area contributed by atoms with E-state index < -0.39 is 0 Å². The van der Waals surface area contributed by atoms with Crippen molar-refractivity contribution in [1.82, 2.24) is 10.2 Å². The van der Waals surface area contributed by atoms with E-state index in [0.29, 0.717) is 11.5 Å². The van der Waals surface area contributed by atoms with Crippen molar-refractivity contribution in [2.24, 2.45) is 5.41 Å². The Bertz CT molecular complexity index is 395. The van der Waals surface area contributed by atoms with Crippen molar-refractivity contribution in [2.45, 2.75) is 58.2 Å². The van der Waals surface area contributed by atoms with Crippen molar-refractivity contribution >= 4 is 11.3 Å². The Hall–Kier alpha value is -0.380. The smallest absolute Gasteiger partial charge is 0.0331 e. The van der Waals surface area contributed by atoms with Crippen LogP contribution in [-0.2, 0) is 6.54 Å². The summed E-state index contributed by atoms with van der Waals surface area (Å²) >= 11 is 1.90. The predicted octanol–water partition coefficient (Wildman–Crippen LogP) is 3.49. The molecule has 1 saturated heterocycles. The highest BCUT2D eigenvalue weighted by Crippen LogP contribution is 2.34. The molecule has 3 rings (SSSR count). The van der Waals surface area contributed by atoms with Gasteiger partial charge in [-0.1, -0.05) is 19.9 Å². The zero-order valence-corrected chi connectivity index (χ0v) is 13.0. The summed E-state index contributed by atoms with van der Waals surface area (Å²) in [7, 11) is 0. The Kier molecular flexibility index (Phi) is 3.97. The first-order valence-corrected chi connectivity index (χ1v) is 8.53. The first kappa shape index (κ1) is 13.6. The van der Waals surface area contributed by atoms with Crippen molar-refractivity contribution in [3.63, 3.8) is 0 Å². The van der Waals surface area contributed by atoms with Crippen LogP contribution in [-0.4, -0.2) is 30.1 Å². The van der Waals surface area contributed by atoms with Gasteiger partial charge >= 0.3 is 0 Å². The van der Waals surface area contributed by atoms with Gasteiger partial charge in [-0.05, 0) is 49.1 Å². The topological polar surface area (TPSA) is 15.3 Å². The molecular weight excluding hydrogens is 252 g/mol. The van der Waals surface area contributed by atoms with Gasteiger partial charge in [-0.25, -0.2) is 0 Å². The SMILES string of the molecule is CC1(C)CCCNC1CN(Cc1cccs1)C1CC1. The first-order chi connectivity index (χ1) is 9.15. The average molecular weight is 278 g/mol. The largest absolute Gasteiger partial charge is 0.312 e. The zero-order chi connectivity index (χ0) is 13.3. The maximum absolute atomic E-state index is 3.76. The molecule has 2 fully saturated rings. The maximum atomic E-state index is 3.76.